The summed E-state index contributed by atoms with van der Waals surface area (Å²) in [6, 6.07) is 3.04. The van der Waals surface area contributed by atoms with Gasteiger partial charge in [-0.15, -0.1) is 0 Å². The van der Waals surface area contributed by atoms with Crippen LogP contribution in [0.2, 0.25) is 0 Å². The molecule has 0 unspecified atom stereocenters. The lowest BCUT2D eigenvalue weighted by Crippen LogP contribution is -2.38. The number of hydrogen-bond donors (Lipinski definition) is 0. The van der Waals surface area contributed by atoms with E-state index in [0.717, 1.165) is 13.1 Å². The maximum Gasteiger partial charge on any atom is 0.311 e. The van der Waals surface area contributed by atoms with Crippen LogP contribution in [-0.2, 0) is 4.74 Å². The van der Waals surface area contributed by atoms with Crippen molar-refractivity contribution in [3.63, 3.8) is 0 Å². The van der Waals surface area contributed by atoms with Gasteiger partial charge in [0, 0.05) is 43.4 Å². The molecule has 0 radical (unpaired) electrons. The largest absolute Gasteiger partial charge is 0.485 e. The minimum absolute atomic E-state index is 0.0655. The standard InChI is InChI=1S/C14H16N4O4/c19-18(20)13-7-11-9-15-10-16-12(11)8-14(13)22-6-3-17-1-4-21-5-2-17/h7-10H,1-6H2. The zero-order valence-electron chi connectivity index (χ0n) is 12.0. The van der Waals surface area contributed by atoms with Gasteiger partial charge in [0.25, 0.3) is 0 Å². The van der Waals surface area contributed by atoms with E-state index < -0.39 is 4.92 Å². The van der Waals surface area contributed by atoms with Crippen LogP contribution in [0.1, 0.15) is 0 Å². The summed E-state index contributed by atoms with van der Waals surface area (Å²) in [7, 11) is 0. The summed E-state index contributed by atoms with van der Waals surface area (Å²) in [6.45, 7) is 4.24. The van der Waals surface area contributed by atoms with E-state index in [1.165, 1.54) is 12.4 Å². The van der Waals surface area contributed by atoms with Crippen molar-refractivity contribution in [2.45, 2.75) is 0 Å². The molecule has 3 rings (SSSR count). The zero-order chi connectivity index (χ0) is 15.4. The molecule has 2 heterocycles. The lowest BCUT2D eigenvalue weighted by atomic mass is 10.2. The lowest BCUT2D eigenvalue weighted by molar-refractivity contribution is -0.385. The number of nitro benzene ring substituents is 1. The van der Waals surface area contributed by atoms with E-state index >= 15 is 0 Å². The molecule has 0 amide bonds. The van der Waals surface area contributed by atoms with Gasteiger partial charge in [0.1, 0.15) is 12.9 Å². The highest BCUT2D eigenvalue weighted by Gasteiger charge is 2.18. The molecule has 8 nitrogen and oxygen atoms in total. The van der Waals surface area contributed by atoms with E-state index in [1.54, 1.807) is 12.3 Å². The van der Waals surface area contributed by atoms with Gasteiger partial charge in [-0.3, -0.25) is 15.0 Å². The number of benzene rings is 1. The Morgan fingerprint density at radius 2 is 2.18 bits per heavy atom. The molecule has 1 aromatic carbocycles. The second-order valence-corrected chi connectivity index (χ2v) is 4.96. The quantitative estimate of drug-likeness (QED) is 0.606. The molecule has 0 bridgehead atoms. The molecule has 1 aromatic heterocycles. The maximum atomic E-state index is 11.2. The van der Waals surface area contributed by atoms with Gasteiger partial charge in [0.2, 0.25) is 0 Å². The van der Waals surface area contributed by atoms with Crippen molar-refractivity contribution in [1.29, 1.82) is 0 Å². The molecule has 8 heteroatoms. The average Bonchev–Trinajstić information content (AvgIpc) is 2.55. The first-order valence-electron chi connectivity index (χ1n) is 7.05. The summed E-state index contributed by atoms with van der Waals surface area (Å²) in [4.78, 5) is 20.9. The molecule has 0 spiro atoms. The van der Waals surface area contributed by atoms with Crippen LogP contribution in [0.4, 0.5) is 5.69 Å². The van der Waals surface area contributed by atoms with Gasteiger partial charge in [-0.05, 0) is 0 Å². The van der Waals surface area contributed by atoms with Crippen LogP contribution in [0.25, 0.3) is 10.9 Å². The fourth-order valence-electron chi connectivity index (χ4n) is 2.37. The molecule has 1 aliphatic heterocycles. The Morgan fingerprint density at radius 3 is 2.95 bits per heavy atom. The van der Waals surface area contributed by atoms with Crippen LogP contribution in [0, 0.1) is 10.1 Å². The number of hydrogen-bond acceptors (Lipinski definition) is 7. The van der Waals surface area contributed by atoms with Crippen molar-refractivity contribution in [3.05, 3.63) is 34.8 Å². The van der Waals surface area contributed by atoms with E-state index in [4.69, 9.17) is 9.47 Å². The van der Waals surface area contributed by atoms with Crippen molar-refractivity contribution >= 4 is 16.6 Å². The summed E-state index contributed by atoms with van der Waals surface area (Å²) < 4.78 is 10.9. The van der Waals surface area contributed by atoms with Crippen LogP contribution in [0.5, 0.6) is 5.75 Å². The molecule has 2 aromatic rings. The topological polar surface area (TPSA) is 90.6 Å². The third kappa shape index (κ3) is 3.29. The predicted molar refractivity (Wildman–Crippen MR) is 78.9 cm³/mol. The second kappa shape index (κ2) is 6.63. The van der Waals surface area contributed by atoms with E-state index in [-0.39, 0.29) is 11.4 Å². The number of morpholine rings is 1. The van der Waals surface area contributed by atoms with Crippen LogP contribution in [-0.4, -0.2) is 59.2 Å². The SMILES string of the molecule is O=[N+]([O-])c1cc2cncnc2cc1OCCN1CCOCC1. The minimum Gasteiger partial charge on any atom is -0.485 e. The first kappa shape index (κ1) is 14.6. The molecule has 22 heavy (non-hydrogen) atoms. The molecule has 1 saturated heterocycles. The van der Waals surface area contributed by atoms with Crippen molar-refractivity contribution in [1.82, 2.24) is 14.9 Å². The van der Waals surface area contributed by atoms with Crippen LogP contribution in [0.15, 0.2) is 24.7 Å². The minimum atomic E-state index is -0.448. The lowest BCUT2D eigenvalue weighted by Gasteiger charge is -2.26. The Kier molecular flexibility index (Phi) is 4.40. The number of nitrogens with zero attached hydrogens (tertiary/aromatic N) is 4. The third-order valence-corrected chi connectivity index (χ3v) is 3.55. The van der Waals surface area contributed by atoms with Gasteiger partial charge < -0.3 is 9.47 Å². The number of ether oxygens (including phenoxy) is 2. The Bertz CT molecular complexity index is 673. The maximum absolute atomic E-state index is 11.2. The third-order valence-electron chi connectivity index (χ3n) is 3.55. The van der Waals surface area contributed by atoms with Crippen molar-refractivity contribution < 1.29 is 14.4 Å². The Labute approximate surface area is 126 Å². The molecule has 116 valence electrons. The van der Waals surface area contributed by atoms with Gasteiger partial charge >= 0.3 is 5.69 Å². The Morgan fingerprint density at radius 1 is 1.36 bits per heavy atom. The van der Waals surface area contributed by atoms with Crippen LogP contribution < -0.4 is 4.74 Å². The van der Waals surface area contributed by atoms with Gasteiger partial charge in [0.05, 0.1) is 23.7 Å². The molecule has 0 saturated carbocycles. The molecule has 0 aliphatic carbocycles. The summed E-state index contributed by atoms with van der Waals surface area (Å²) >= 11 is 0. The van der Waals surface area contributed by atoms with Crippen LogP contribution in [0.3, 0.4) is 0 Å². The Balaban J connectivity index is 1.73. The highest BCUT2D eigenvalue weighted by Crippen LogP contribution is 2.30. The van der Waals surface area contributed by atoms with Gasteiger partial charge in [-0.25, -0.2) is 9.97 Å². The molecular formula is C14H16N4O4. The predicted octanol–water partition coefficient (Wildman–Crippen LogP) is 1.25. The van der Waals surface area contributed by atoms with Crippen molar-refractivity contribution in [3.8, 4) is 5.75 Å². The number of rotatable bonds is 5. The molecule has 0 N–H and O–H groups in total. The number of fused-ring (bicyclic) bond motifs is 1. The summed E-state index contributed by atoms with van der Waals surface area (Å²) in [6.07, 6.45) is 2.96. The monoisotopic (exact) mass is 304 g/mol. The van der Waals surface area contributed by atoms with E-state index in [2.05, 4.69) is 14.9 Å². The Hall–Kier alpha value is -2.32. The van der Waals surface area contributed by atoms with Crippen molar-refractivity contribution in [2.75, 3.05) is 39.5 Å². The fourth-order valence-corrected chi connectivity index (χ4v) is 2.37. The highest BCUT2D eigenvalue weighted by molar-refractivity contribution is 5.82. The van der Waals surface area contributed by atoms with E-state index in [0.29, 0.717) is 37.3 Å². The molecule has 1 aliphatic rings. The fraction of sp³-hybridized carbons (Fsp3) is 0.429. The molecule has 1 fully saturated rings. The van der Waals surface area contributed by atoms with Gasteiger partial charge in [0.15, 0.2) is 5.75 Å². The second-order valence-electron chi connectivity index (χ2n) is 4.96. The summed E-state index contributed by atoms with van der Waals surface area (Å²) in [5.74, 6) is 0.240. The van der Waals surface area contributed by atoms with E-state index in [9.17, 15) is 10.1 Å². The number of aromatic nitrogens is 2. The number of nitro groups is 1. The smallest absolute Gasteiger partial charge is 0.311 e. The van der Waals surface area contributed by atoms with Crippen molar-refractivity contribution in [2.24, 2.45) is 0 Å². The van der Waals surface area contributed by atoms with E-state index in [1.807, 2.05) is 0 Å². The zero-order valence-corrected chi connectivity index (χ0v) is 12.0. The summed E-state index contributed by atoms with van der Waals surface area (Å²) in [5.41, 5.74) is 0.561. The normalized spacial score (nSPS) is 15.8. The average molecular weight is 304 g/mol. The highest BCUT2D eigenvalue weighted by atomic mass is 16.6. The van der Waals surface area contributed by atoms with Gasteiger partial charge in [-0.2, -0.15) is 0 Å². The first-order valence-corrected chi connectivity index (χ1v) is 7.05. The molecular weight excluding hydrogens is 288 g/mol. The molecule has 0 atom stereocenters. The first-order chi connectivity index (χ1) is 10.7. The summed E-state index contributed by atoms with van der Waals surface area (Å²) in [5, 5.41) is 11.8. The van der Waals surface area contributed by atoms with Crippen LogP contribution >= 0.6 is 0 Å². The van der Waals surface area contributed by atoms with Gasteiger partial charge in [-0.1, -0.05) is 0 Å².